The van der Waals surface area contributed by atoms with Gasteiger partial charge in [0.1, 0.15) is 0 Å². The monoisotopic (exact) mass is 344 g/mol. The molecule has 25 heavy (non-hydrogen) atoms. The summed E-state index contributed by atoms with van der Waals surface area (Å²) in [5, 5.41) is 5.74. The Bertz CT molecular complexity index is 613. The molecule has 0 spiro atoms. The van der Waals surface area contributed by atoms with Crippen molar-refractivity contribution in [1.82, 2.24) is 9.80 Å². The first-order valence-electron chi connectivity index (χ1n) is 9.29. The number of hydrogen-bond acceptors (Lipinski definition) is 3. The van der Waals surface area contributed by atoms with Crippen molar-refractivity contribution in [2.24, 2.45) is 0 Å². The fourth-order valence-electron chi connectivity index (χ4n) is 3.79. The van der Waals surface area contributed by atoms with Gasteiger partial charge < -0.3 is 20.4 Å². The van der Waals surface area contributed by atoms with E-state index in [0.717, 1.165) is 39.0 Å². The highest BCUT2D eigenvalue weighted by Gasteiger charge is 2.29. The first-order chi connectivity index (χ1) is 12.1. The first kappa shape index (κ1) is 17.7. The molecule has 2 fully saturated rings. The van der Waals surface area contributed by atoms with Gasteiger partial charge >= 0.3 is 6.03 Å². The van der Waals surface area contributed by atoms with Crippen molar-refractivity contribution in [2.75, 3.05) is 36.8 Å². The van der Waals surface area contributed by atoms with Crippen LogP contribution in [0.5, 0.6) is 0 Å². The standard InChI is InChI=1S/C19H28N4O2/c1-15(24)20-16-7-6-8-17(13-16)21-19(25)23-12-3-2-9-18(23)14-22-10-4-5-11-22/h6-8,13,18H,2-5,9-12,14H2,1H3,(H,20,24)(H,21,25)/t18-/m1/s1. The van der Waals surface area contributed by atoms with E-state index in [1.807, 2.05) is 23.1 Å². The Balaban J connectivity index is 1.62. The highest BCUT2D eigenvalue weighted by molar-refractivity contribution is 5.92. The molecular formula is C19H28N4O2. The molecule has 2 aliphatic rings. The summed E-state index contributed by atoms with van der Waals surface area (Å²) in [5.41, 5.74) is 1.40. The number of carbonyl (C=O) groups excluding carboxylic acids is 2. The van der Waals surface area contributed by atoms with Crippen molar-refractivity contribution < 1.29 is 9.59 Å². The van der Waals surface area contributed by atoms with Crippen LogP contribution in [0.15, 0.2) is 24.3 Å². The maximum Gasteiger partial charge on any atom is 0.322 e. The number of nitrogens with zero attached hydrogens (tertiary/aromatic N) is 2. The Labute approximate surface area is 149 Å². The molecule has 0 radical (unpaired) electrons. The zero-order chi connectivity index (χ0) is 17.6. The van der Waals surface area contributed by atoms with E-state index in [0.29, 0.717) is 17.4 Å². The molecule has 136 valence electrons. The molecule has 0 unspecified atom stereocenters. The van der Waals surface area contributed by atoms with Crippen LogP contribution in [0, 0.1) is 0 Å². The van der Waals surface area contributed by atoms with E-state index < -0.39 is 0 Å². The highest BCUT2D eigenvalue weighted by atomic mass is 16.2. The van der Waals surface area contributed by atoms with Crippen LogP contribution in [0.2, 0.25) is 0 Å². The average molecular weight is 344 g/mol. The number of likely N-dealkylation sites (tertiary alicyclic amines) is 2. The van der Waals surface area contributed by atoms with Crippen LogP contribution in [0.4, 0.5) is 16.2 Å². The largest absolute Gasteiger partial charge is 0.326 e. The summed E-state index contributed by atoms with van der Waals surface area (Å²) in [6.45, 7) is 5.59. The summed E-state index contributed by atoms with van der Waals surface area (Å²) in [7, 11) is 0. The van der Waals surface area contributed by atoms with Crippen LogP contribution in [0.1, 0.15) is 39.0 Å². The summed E-state index contributed by atoms with van der Waals surface area (Å²) in [4.78, 5) is 28.5. The van der Waals surface area contributed by atoms with Gasteiger partial charge in [-0.1, -0.05) is 6.07 Å². The fraction of sp³-hybridized carbons (Fsp3) is 0.579. The Morgan fingerprint density at radius 1 is 1.04 bits per heavy atom. The molecule has 2 heterocycles. The van der Waals surface area contributed by atoms with E-state index in [9.17, 15) is 9.59 Å². The smallest absolute Gasteiger partial charge is 0.322 e. The minimum Gasteiger partial charge on any atom is -0.326 e. The van der Waals surface area contributed by atoms with Gasteiger partial charge in [0.25, 0.3) is 0 Å². The molecule has 6 heteroatoms. The van der Waals surface area contributed by atoms with Gasteiger partial charge in [-0.15, -0.1) is 0 Å². The third kappa shape index (κ3) is 4.95. The number of rotatable bonds is 4. The van der Waals surface area contributed by atoms with Crippen LogP contribution < -0.4 is 10.6 Å². The lowest BCUT2D eigenvalue weighted by molar-refractivity contribution is -0.114. The molecule has 1 atom stereocenters. The van der Waals surface area contributed by atoms with Gasteiger partial charge in [0.05, 0.1) is 0 Å². The van der Waals surface area contributed by atoms with Crippen molar-refractivity contribution >= 4 is 23.3 Å². The van der Waals surface area contributed by atoms with Gasteiger partial charge in [0.15, 0.2) is 0 Å². The summed E-state index contributed by atoms with van der Waals surface area (Å²) in [6.07, 6.45) is 5.88. The predicted octanol–water partition coefficient (Wildman–Crippen LogP) is 3.13. The maximum absolute atomic E-state index is 12.8. The number of amides is 3. The summed E-state index contributed by atoms with van der Waals surface area (Å²) in [5.74, 6) is -0.120. The lowest BCUT2D eigenvalue weighted by Gasteiger charge is -2.37. The second kappa shape index (κ2) is 8.34. The van der Waals surface area contributed by atoms with Gasteiger partial charge in [0, 0.05) is 37.4 Å². The zero-order valence-electron chi connectivity index (χ0n) is 15.0. The van der Waals surface area contributed by atoms with Gasteiger partial charge in [-0.3, -0.25) is 4.79 Å². The average Bonchev–Trinajstić information content (AvgIpc) is 3.08. The minimum absolute atomic E-state index is 0.0381. The number of nitrogens with one attached hydrogen (secondary N) is 2. The minimum atomic E-state index is -0.120. The van der Waals surface area contributed by atoms with Gasteiger partial charge in [-0.2, -0.15) is 0 Å². The number of urea groups is 1. The van der Waals surface area contributed by atoms with Crippen molar-refractivity contribution in [2.45, 2.75) is 45.1 Å². The van der Waals surface area contributed by atoms with Crippen LogP contribution in [0.3, 0.4) is 0 Å². The van der Waals surface area contributed by atoms with Gasteiger partial charge in [-0.05, 0) is 63.4 Å². The molecule has 2 saturated heterocycles. The molecule has 1 aromatic rings. The van der Waals surface area contributed by atoms with Crippen LogP contribution in [-0.2, 0) is 4.79 Å². The van der Waals surface area contributed by atoms with Gasteiger partial charge in [0.2, 0.25) is 5.91 Å². The van der Waals surface area contributed by atoms with Crippen molar-refractivity contribution in [3.05, 3.63) is 24.3 Å². The van der Waals surface area contributed by atoms with E-state index in [1.54, 1.807) is 6.07 Å². The van der Waals surface area contributed by atoms with Crippen molar-refractivity contribution in [3.63, 3.8) is 0 Å². The lowest BCUT2D eigenvalue weighted by atomic mass is 10.0. The van der Waals surface area contributed by atoms with E-state index in [4.69, 9.17) is 0 Å². The summed E-state index contributed by atoms with van der Waals surface area (Å²) in [6, 6.07) is 7.54. The normalized spacial score (nSPS) is 21.2. The third-order valence-corrected chi connectivity index (χ3v) is 4.99. The number of hydrogen-bond donors (Lipinski definition) is 2. The molecular weight excluding hydrogens is 316 g/mol. The van der Waals surface area contributed by atoms with Gasteiger partial charge in [-0.25, -0.2) is 4.79 Å². The number of piperidine rings is 1. The molecule has 6 nitrogen and oxygen atoms in total. The predicted molar refractivity (Wildman–Crippen MR) is 99.8 cm³/mol. The van der Waals surface area contributed by atoms with Crippen LogP contribution in [-0.4, -0.2) is 54.0 Å². The molecule has 0 saturated carbocycles. The number of carbonyl (C=O) groups is 2. The highest BCUT2D eigenvalue weighted by Crippen LogP contribution is 2.22. The summed E-state index contributed by atoms with van der Waals surface area (Å²) >= 11 is 0. The summed E-state index contributed by atoms with van der Waals surface area (Å²) < 4.78 is 0. The molecule has 2 N–H and O–H groups in total. The number of benzene rings is 1. The molecule has 0 aromatic heterocycles. The SMILES string of the molecule is CC(=O)Nc1cccc(NC(=O)N2CCCC[C@@H]2CN2CCCC2)c1. The Morgan fingerprint density at radius 3 is 2.44 bits per heavy atom. The quantitative estimate of drug-likeness (QED) is 0.882. The van der Waals surface area contributed by atoms with Crippen LogP contribution >= 0.6 is 0 Å². The molecule has 0 aliphatic carbocycles. The zero-order valence-corrected chi connectivity index (χ0v) is 15.0. The van der Waals surface area contributed by atoms with E-state index >= 15 is 0 Å². The molecule has 3 rings (SSSR count). The van der Waals surface area contributed by atoms with E-state index in [-0.39, 0.29) is 11.9 Å². The van der Waals surface area contributed by atoms with Crippen molar-refractivity contribution in [3.8, 4) is 0 Å². The molecule has 2 aliphatic heterocycles. The first-order valence-corrected chi connectivity index (χ1v) is 9.29. The van der Waals surface area contributed by atoms with E-state index in [2.05, 4.69) is 15.5 Å². The molecule has 0 bridgehead atoms. The Hall–Kier alpha value is -2.08. The third-order valence-electron chi connectivity index (χ3n) is 4.99. The van der Waals surface area contributed by atoms with Crippen LogP contribution in [0.25, 0.3) is 0 Å². The molecule has 3 amide bonds. The fourth-order valence-corrected chi connectivity index (χ4v) is 3.79. The van der Waals surface area contributed by atoms with E-state index in [1.165, 1.54) is 26.2 Å². The van der Waals surface area contributed by atoms with Crippen molar-refractivity contribution in [1.29, 1.82) is 0 Å². The molecule has 1 aromatic carbocycles. The second-order valence-electron chi connectivity index (χ2n) is 7.04. The Kier molecular flexibility index (Phi) is 5.91. The maximum atomic E-state index is 12.8. The topological polar surface area (TPSA) is 64.7 Å². The Morgan fingerprint density at radius 2 is 1.72 bits per heavy atom. The lowest BCUT2D eigenvalue weighted by Crippen LogP contribution is -2.50. The number of anilines is 2. The second-order valence-corrected chi connectivity index (χ2v) is 7.04.